The standard InChI is InChI=1S/C20H31N5O2/c1-3-11-21-20(22-12-4-13-24-14-9-17(2)10-15-24)23-16-18-5-7-19(8-6-18)25(26)27/h3,5-8,17H,1,4,9-16H2,2H3,(H2,21,22,23). The summed E-state index contributed by atoms with van der Waals surface area (Å²) in [5.74, 6) is 1.60. The first kappa shape index (κ1) is 20.9. The summed E-state index contributed by atoms with van der Waals surface area (Å²) in [7, 11) is 0. The molecule has 0 amide bonds. The molecule has 0 saturated carbocycles. The third-order valence-electron chi connectivity index (χ3n) is 4.80. The van der Waals surface area contributed by atoms with Crippen LogP contribution in [-0.2, 0) is 6.54 Å². The van der Waals surface area contributed by atoms with Crippen LogP contribution in [0.5, 0.6) is 0 Å². The van der Waals surface area contributed by atoms with Crippen LogP contribution < -0.4 is 10.6 Å². The summed E-state index contributed by atoms with van der Waals surface area (Å²) in [5, 5.41) is 17.3. The Labute approximate surface area is 161 Å². The molecule has 0 aliphatic carbocycles. The topological polar surface area (TPSA) is 82.8 Å². The number of guanidine groups is 1. The summed E-state index contributed by atoms with van der Waals surface area (Å²) in [6, 6.07) is 6.50. The number of nitro groups is 1. The fourth-order valence-corrected chi connectivity index (χ4v) is 3.03. The van der Waals surface area contributed by atoms with Gasteiger partial charge in [-0.25, -0.2) is 4.99 Å². The molecule has 1 heterocycles. The van der Waals surface area contributed by atoms with Gasteiger partial charge in [-0.3, -0.25) is 10.1 Å². The number of benzene rings is 1. The van der Waals surface area contributed by atoms with Crippen molar-refractivity contribution in [2.45, 2.75) is 32.7 Å². The maximum Gasteiger partial charge on any atom is 0.269 e. The molecule has 1 fully saturated rings. The molecule has 1 aliphatic heterocycles. The lowest BCUT2D eigenvalue weighted by Crippen LogP contribution is -2.40. The van der Waals surface area contributed by atoms with E-state index < -0.39 is 4.92 Å². The van der Waals surface area contributed by atoms with Crippen LogP contribution in [0, 0.1) is 16.0 Å². The lowest BCUT2D eigenvalue weighted by Gasteiger charge is -2.30. The van der Waals surface area contributed by atoms with Crippen molar-refractivity contribution < 1.29 is 4.92 Å². The highest BCUT2D eigenvalue weighted by molar-refractivity contribution is 5.79. The van der Waals surface area contributed by atoms with Crippen LogP contribution in [0.15, 0.2) is 41.9 Å². The van der Waals surface area contributed by atoms with Gasteiger partial charge >= 0.3 is 0 Å². The molecule has 1 saturated heterocycles. The van der Waals surface area contributed by atoms with Gasteiger partial charge in [-0.05, 0) is 50.4 Å². The van der Waals surface area contributed by atoms with Crippen LogP contribution in [0.4, 0.5) is 5.69 Å². The van der Waals surface area contributed by atoms with E-state index in [1.54, 1.807) is 18.2 Å². The van der Waals surface area contributed by atoms with E-state index in [9.17, 15) is 10.1 Å². The van der Waals surface area contributed by atoms with Gasteiger partial charge in [-0.15, -0.1) is 6.58 Å². The second-order valence-electron chi connectivity index (χ2n) is 7.06. The Kier molecular flexibility index (Phi) is 8.77. The van der Waals surface area contributed by atoms with Gasteiger partial charge in [0.15, 0.2) is 5.96 Å². The molecule has 0 spiro atoms. The van der Waals surface area contributed by atoms with E-state index in [2.05, 4.69) is 34.0 Å². The Hall–Kier alpha value is -2.41. The molecule has 1 aromatic carbocycles. The zero-order valence-electron chi connectivity index (χ0n) is 16.2. The number of non-ortho nitro benzene ring substituents is 1. The number of hydrogen-bond acceptors (Lipinski definition) is 4. The first-order valence-electron chi connectivity index (χ1n) is 9.67. The fourth-order valence-electron chi connectivity index (χ4n) is 3.03. The largest absolute Gasteiger partial charge is 0.356 e. The Balaban J connectivity index is 1.78. The Morgan fingerprint density at radius 3 is 2.67 bits per heavy atom. The summed E-state index contributed by atoms with van der Waals surface area (Å²) in [4.78, 5) is 17.4. The van der Waals surface area contributed by atoms with E-state index in [1.807, 2.05) is 0 Å². The smallest absolute Gasteiger partial charge is 0.269 e. The minimum absolute atomic E-state index is 0.0953. The summed E-state index contributed by atoms with van der Waals surface area (Å²) in [6.07, 6.45) is 5.46. The van der Waals surface area contributed by atoms with Crippen LogP contribution in [0.25, 0.3) is 0 Å². The summed E-state index contributed by atoms with van der Waals surface area (Å²) < 4.78 is 0. The van der Waals surface area contributed by atoms with Crippen molar-refractivity contribution in [2.75, 3.05) is 32.7 Å². The molecular weight excluding hydrogens is 342 g/mol. The second-order valence-corrected chi connectivity index (χ2v) is 7.06. The number of hydrogen-bond donors (Lipinski definition) is 2. The molecule has 7 nitrogen and oxygen atoms in total. The fraction of sp³-hybridized carbons (Fsp3) is 0.550. The van der Waals surface area contributed by atoms with Gasteiger partial charge in [0.2, 0.25) is 0 Å². The molecule has 0 atom stereocenters. The molecule has 0 radical (unpaired) electrons. The molecule has 1 aliphatic rings. The summed E-state index contributed by atoms with van der Waals surface area (Å²) >= 11 is 0. The minimum Gasteiger partial charge on any atom is -0.356 e. The minimum atomic E-state index is -0.394. The molecule has 148 valence electrons. The Bertz CT molecular complexity index is 622. The third kappa shape index (κ3) is 7.78. The highest BCUT2D eigenvalue weighted by Crippen LogP contribution is 2.15. The lowest BCUT2D eigenvalue weighted by atomic mass is 9.99. The average molecular weight is 374 g/mol. The first-order valence-corrected chi connectivity index (χ1v) is 9.67. The van der Waals surface area contributed by atoms with Crippen LogP contribution in [0.1, 0.15) is 31.7 Å². The SMILES string of the molecule is C=CCNC(=NCc1ccc([N+](=O)[O-])cc1)NCCCN1CCC(C)CC1. The molecule has 2 N–H and O–H groups in total. The predicted octanol–water partition coefficient (Wildman–Crippen LogP) is 2.94. The number of nitrogens with zero attached hydrogens (tertiary/aromatic N) is 3. The highest BCUT2D eigenvalue weighted by atomic mass is 16.6. The number of likely N-dealkylation sites (tertiary alicyclic amines) is 1. The van der Waals surface area contributed by atoms with Crippen molar-refractivity contribution in [2.24, 2.45) is 10.9 Å². The zero-order valence-corrected chi connectivity index (χ0v) is 16.2. The van der Waals surface area contributed by atoms with E-state index in [0.717, 1.165) is 37.0 Å². The molecule has 1 aromatic rings. The van der Waals surface area contributed by atoms with Gasteiger partial charge in [-0.1, -0.05) is 25.1 Å². The summed E-state index contributed by atoms with van der Waals surface area (Å²) in [6.45, 7) is 11.5. The average Bonchev–Trinajstić information content (AvgIpc) is 2.68. The van der Waals surface area contributed by atoms with Gasteiger partial charge in [-0.2, -0.15) is 0 Å². The highest BCUT2D eigenvalue weighted by Gasteiger charge is 2.14. The molecule has 0 aromatic heterocycles. The molecule has 7 heteroatoms. The van der Waals surface area contributed by atoms with E-state index in [1.165, 1.54) is 38.1 Å². The van der Waals surface area contributed by atoms with Gasteiger partial charge in [0, 0.05) is 25.2 Å². The summed E-state index contributed by atoms with van der Waals surface area (Å²) in [5.41, 5.74) is 1.03. The monoisotopic (exact) mass is 373 g/mol. The number of aliphatic imine (C=N–C) groups is 1. The van der Waals surface area contributed by atoms with Crippen molar-refractivity contribution in [3.8, 4) is 0 Å². The molecule has 27 heavy (non-hydrogen) atoms. The van der Waals surface area contributed by atoms with Crippen LogP contribution in [0.2, 0.25) is 0 Å². The molecule has 2 rings (SSSR count). The van der Waals surface area contributed by atoms with Gasteiger partial charge < -0.3 is 15.5 Å². The maximum atomic E-state index is 10.7. The van der Waals surface area contributed by atoms with E-state index in [4.69, 9.17) is 0 Å². The Morgan fingerprint density at radius 1 is 1.33 bits per heavy atom. The first-order chi connectivity index (χ1) is 13.1. The molecular formula is C20H31N5O2. The zero-order chi connectivity index (χ0) is 19.5. The van der Waals surface area contributed by atoms with Crippen molar-refractivity contribution in [3.05, 3.63) is 52.6 Å². The lowest BCUT2D eigenvalue weighted by molar-refractivity contribution is -0.384. The van der Waals surface area contributed by atoms with E-state index in [-0.39, 0.29) is 5.69 Å². The van der Waals surface area contributed by atoms with Crippen LogP contribution in [0.3, 0.4) is 0 Å². The van der Waals surface area contributed by atoms with Crippen LogP contribution in [-0.4, -0.2) is 48.5 Å². The Morgan fingerprint density at radius 2 is 2.04 bits per heavy atom. The van der Waals surface area contributed by atoms with Crippen molar-refractivity contribution in [3.63, 3.8) is 0 Å². The van der Waals surface area contributed by atoms with Crippen molar-refractivity contribution >= 4 is 11.6 Å². The van der Waals surface area contributed by atoms with Gasteiger partial charge in [0.05, 0.1) is 11.5 Å². The van der Waals surface area contributed by atoms with E-state index >= 15 is 0 Å². The molecule has 0 unspecified atom stereocenters. The van der Waals surface area contributed by atoms with Crippen LogP contribution >= 0.6 is 0 Å². The number of piperidine rings is 1. The quantitative estimate of drug-likeness (QED) is 0.174. The van der Waals surface area contributed by atoms with Crippen molar-refractivity contribution in [1.82, 2.24) is 15.5 Å². The number of rotatable bonds is 9. The van der Waals surface area contributed by atoms with Gasteiger partial charge in [0.1, 0.15) is 0 Å². The van der Waals surface area contributed by atoms with Crippen molar-refractivity contribution in [1.29, 1.82) is 0 Å². The normalized spacial score (nSPS) is 16.1. The molecule has 0 bridgehead atoms. The number of nitro benzene ring substituents is 1. The van der Waals surface area contributed by atoms with E-state index in [0.29, 0.717) is 13.1 Å². The van der Waals surface area contributed by atoms with Gasteiger partial charge in [0.25, 0.3) is 5.69 Å². The number of nitrogens with one attached hydrogen (secondary N) is 2. The predicted molar refractivity (Wildman–Crippen MR) is 110 cm³/mol. The maximum absolute atomic E-state index is 10.7. The second kappa shape index (κ2) is 11.3. The third-order valence-corrected chi connectivity index (χ3v) is 4.80.